The molecule has 254 valence electrons. The molecule has 0 spiro atoms. The highest BCUT2D eigenvalue weighted by atomic mass is 19.1. The minimum atomic E-state index is -0.400. The van der Waals surface area contributed by atoms with Gasteiger partial charge in [-0.2, -0.15) is 0 Å². The fraction of sp³-hybridized carbons (Fsp3) is 0.395. The van der Waals surface area contributed by atoms with E-state index in [1.54, 1.807) is 54.9 Å². The summed E-state index contributed by atoms with van der Waals surface area (Å²) in [6.45, 7) is 16.2. The number of aryl methyl sites for hydroxylation is 1. The van der Waals surface area contributed by atoms with Gasteiger partial charge < -0.3 is 24.4 Å². The largest absolute Gasteiger partial charge is 0.465 e. The Morgan fingerprint density at radius 3 is 2.53 bits per heavy atom. The van der Waals surface area contributed by atoms with E-state index in [-0.39, 0.29) is 23.5 Å². The molecule has 1 amide bonds. The topological polar surface area (TPSA) is 89.5 Å². The molecule has 2 aromatic carbocycles. The average Bonchev–Trinajstić information content (AvgIpc) is 3.06. The minimum absolute atomic E-state index is 0.189. The molecule has 0 saturated carbocycles. The van der Waals surface area contributed by atoms with Crippen molar-refractivity contribution in [1.29, 1.82) is 0 Å². The number of benzene rings is 2. The van der Waals surface area contributed by atoms with Crippen LogP contribution in [0.25, 0.3) is 11.1 Å². The Hall–Kier alpha value is -4.50. The van der Waals surface area contributed by atoms with Crippen molar-refractivity contribution >= 4 is 18.2 Å². The molecule has 8 nitrogen and oxygen atoms in total. The Labute approximate surface area is 279 Å². The van der Waals surface area contributed by atoms with E-state index in [0.717, 1.165) is 43.5 Å². The van der Waals surface area contributed by atoms with Gasteiger partial charge in [-0.3, -0.25) is 9.79 Å². The highest BCUT2D eigenvalue weighted by molar-refractivity contribution is 5.93. The Balaban J connectivity index is 1.86. The van der Waals surface area contributed by atoms with E-state index in [9.17, 15) is 14.0 Å². The molecule has 47 heavy (non-hydrogen) atoms. The summed E-state index contributed by atoms with van der Waals surface area (Å²) in [6, 6.07) is 11.6. The highest BCUT2D eigenvalue weighted by Crippen LogP contribution is 2.29. The third kappa shape index (κ3) is 13.4. The second kappa shape index (κ2) is 21.3. The summed E-state index contributed by atoms with van der Waals surface area (Å²) in [7, 11) is 1.36. The summed E-state index contributed by atoms with van der Waals surface area (Å²) >= 11 is 0. The van der Waals surface area contributed by atoms with E-state index in [1.165, 1.54) is 13.2 Å². The zero-order valence-electron chi connectivity index (χ0n) is 28.7. The van der Waals surface area contributed by atoms with Crippen LogP contribution >= 0.6 is 0 Å². The summed E-state index contributed by atoms with van der Waals surface area (Å²) in [5.74, 6) is -0.341. The molecular formula is C38H50FN3O5. The zero-order valence-corrected chi connectivity index (χ0v) is 28.7. The minimum Gasteiger partial charge on any atom is -0.465 e. The van der Waals surface area contributed by atoms with Crippen molar-refractivity contribution < 1.29 is 28.2 Å². The Kier molecular flexibility index (Phi) is 17.5. The summed E-state index contributed by atoms with van der Waals surface area (Å²) in [4.78, 5) is 31.7. The molecule has 1 unspecified atom stereocenters. The molecule has 2 aromatic rings. The Morgan fingerprint density at radius 1 is 1.13 bits per heavy atom. The second-order valence-electron chi connectivity index (χ2n) is 11.1. The van der Waals surface area contributed by atoms with Crippen LogP contribution < -0.4 is 10.1 Å². The fourth-order valence-electron chi connectivity index (χ4n) is 4.43. The molecule has 2 rings (SSSR count). The van der Waals surface area contributed by atoms with Gasteiger partial charge in [0.15, 0.2) is 5.76 Å². The predicted octanol–water partition coefficient (Wildman–Crippen LogP) is 7.36. The van der Waals surface area contributed by atoms with E-state index in [2.05, 4.69) is 28.7 Å². The number of hydrogen-bond acceptors (Lipinski definition) is 6. The first-order valence-electron chi connectivity index (χ1n) is 16.1. The first-order valence-corrected chi connectivity index (χ1v) is 16.1. The maximum atomic E-state index is 14.3. The van der Waals surface area contributed by atoms with Crippen molar-refractivity contribution in [3.63, 3.8) is 0 Å². The SMILES string of the molecule is C=CC(CN=CN(CC)CCCCOC/C=C(\C=C/CC)C(=O)OC)NC(=O)C(Oc1ccc(-c2ccccc2F)cc1C)=C(C)C. The van der Waals surface area contributed by atoms with Gasteiger partial charge >= 0.3 is 5.97 Å². The smallest absolute Gasteiger partial charge is 0.337 e. The number of unbranched alkanes of at least 4 members (excludes halogenated alkanes) is 1. The van der Waals surface area contributed by atoms with E-state index in [0.29, 0.717) is 42.2 Å². The third-order valence-corrected chi connectivity index (χ3v) is 7.15. The standard InChI is InChI=1S/C38H50FN3O5/c1-8-11-16-30(38(44)45-7)21-24-46-23-15-14-22-42(10-3)27-40-26-32(9-2)41-37(43)36(28(4)5)47-35-20-19-31(25-29(35)6)33-17-12-13-18-34(33)39/h9,11-13,16-21,25,27,32H,2,8,10,14-15,22-24,26H2,1,3-7H3,(H,41,43)/b16-11-,30-21+,40-27?. The van der Waals surface area contributed by atoms with Crippen LogP contribution in [0.5, 0.6) is 5.75 Å². The number of rotatable bonds is 20. The average molecular weight is 648 g/mol. The zero-order chi connectivity index (χ0) is 34.6. The highest BCUT2D eigenvalue weighted by Gasteiger charge is 2.18. The molecule has 1 N–H and O–H groups in total. The number of amides is 1. The van der Waals surface area contributed by atoms with Crippen LogP contribution in [0.3, 0.4) is 0 Å². The molecule has 0 aliphatic heterocycles. The van der Waals surface area contributed by atoms with Crippen LogP contribution in [-0.4, -0.2) is 69.1 Å². The van der Waals surface area contributed by atoms with Crippen molar-refractivity contribution in [2.24, 2.45) is 4.99 Å². The number of esters is 1. The number of aliphatic imine (C=N–C) groups is 1. The number of carbonyl (C=O) groups excluding carboxylic acids is 2. The number of allylic oxidation sites excluding steroid dienone is 2. The van der Waals surface area contributed by atoms with Crippen LogP contribution in [0.15, 0.2) is 95.2 Å². The quantitative estimate of drug-likeness (QED) is 0.0236. The number of methoxy groups -OCH3 is 1. The van der Waals surface area contributed by atoms with Gasteiger partial charge in [-0.1, -0.05) is 49.4 Å². The molecule has 0 heterocycles. The molecule has 0 fully saturated rings. The molecule has 0 aliphatic rings. The first-order chi connectivity index (χ1) is 22.6. The van der Waals surface area contributed by atoms with Crippen molar-refractivity contribution in [2.75, 3.05) is 40.0 Å². The second-order valence-corrected chi connectivity index (χ2v) is 11.1. The Bertz CT molecular complexity index is 1440. The molecule has 0 aromatic heterocycles. The predicted molar refractivity (Wildman–Crippen MR) is 188 cm³/mol. The van der Waals surface area contributed by atoms with Gasteiger partial charge in [-0.25, -0.2) is 9.18 Å². The van der Waals surface area contributed by atoms with Crippen LogP contribution in [-0.2, 0) is 19.1 Å². The van der Waals surface area contributed by atoms with Crippen molar-refractivity contribution in [2.45, 2.75) is 59.9 Å². The number of carbonyl (C=O) groups is 2. The van der Waals surface area contributed by atoms with E-state index >= 15 is 0 Å². The summed E-state index contributed by atoms with van der Waals surface area (Å²) < 4.78 is 30.8. The lowest BCUT2D eigenvalue weighted by Crippen LogP contribution is -2.38. The molecular weight excluding hydrogens is 597 g/mol. The maximum absolute atomic E-state index is 14.3. The van der Waals surface area contributed by atoms with Gasteiger partial charge in [0, 0.05) is 25.3 Å². The summed E-state index contributed by atoms with van der Waals surface area (Å²) in [5, 5.41) is 2.95. The maximum Gasteiger partial charge on any atom is 0.337 e. The molecule has 0 bridgehead atoms. The van der Waals surface area contributed by atoms with Gasteiger partial charge in [0.25, 0.3) is 5.91 Å². The lowest BCUT2D eigenvalue weighted by Gasteiger charge is -2.19. The molecule has 0 saturated heterocycles. The van der Waals surface area contributed by atoms with Crippen LogP contribution in [0.1, 0.15) is 52.5 Å². The molecule has 0 aliphatic carbocycles. The number of hydrogen-bond donors (Lipinski definition) is 1. The van der Waals surface area contributed by atoms with Gasteiger partial charge in [-0.15, -0.1) is 6.58 Å². The lowest BCUT2D eigenvalue weighted by molar-refractivity contribution is -0.135. The fourth-order valence-corrected chi connectivity index (χ4v) is 4.43. The van der Waals surface area contributed by atoms with Crippen molar-refractivity contribution in [1.82, 2.24) is 10.2 Å². The number of ether oxygens (including phenoxy) is 3. The van der Waals surface area contributed by atoms with E-state index < -0.39 is 6.04 Å². The van der Waals surface area contributed by atoms with Gasteiger partial charge in [0.2, 0.25) is 0 Å². The van der Waals surface area contributed by atoms with Crippen molar-refractivity contribution in [3.05, 3.63) is 102 Å². The lowest BCUT2D eigenvalue weighted by atomic mass is 10.0. The van der Waals surface area contributed by atoms with Gasteiger partial charge in [0.1, 0.15) is 11.6 Å². The number of halogens is 1. The summed E-state index contributed by atoms with van der Waals surface area (Å²) in [6.07, 6.45) is 11.4. The van der Waals surface area contributed by atoms with Crippen molar-refractivity contribution in [3.8, 4) is 16.9 Å². The number of nitrogens with zero attached hydrogens (tertiary/aromatic N) is 2. The van der Waals surface area contributed by atoms with Crippen LogP contribution in [0.4, 0.5) is 4.39 Å². The first kappa shape index (κ1) is 38.7. The monoisotopic (exact) mass is 647 g/mol. The Morgan fingerprint density at radius 2 is 1.89 bits per heavy atom. The van der Waals surface area contributed by atoms with Gasteiger partial charge in [-0.05, 0) is 87.9 Å². The van der Waals surface area contributed by atoms with Crippen LogP contribution in [0.2, 0.25) is 0 Å². The number of nitrogens with one attached hydrogen (secondary N) is 1. The molecule has 0 radical (unpaired) electrons. The van der Waals surface area contributed by atoms with Gasteiger partial charge in [0.05, 0.1) is 38.2 Å². The van der Waals surface area contributed by atoms with E-state index in [4.69, 9.17) is 14.2 Å². The molecule has 1 atom stereocenters. The third-order valence-electron chi connectivity index (χ3n) is 7.15. The normalized spacial score (nSPS) is 12.2. The summed E-state index contributed by atoms with van der Waals surface area (Å²) in [5.41, 5.74) is 3.21. The van der Waals surface area contributed by atoms with E-state index in [1.807, 2.05) is 39.8 Å². The molecule has 9 heteroatoms. The van der Waals surface area contributed by atoms with Crippen LogP contribution in [0, 0.1) is 12.7 Å².